The van der Waals surface area contributed by atoms with Gasteiger partial charge in [0.15, 0.2) is 0 Å². The fourth-order valence-corrected chi connectivity index (χ4v) is 8.90. The number of nitrogens with zero attached hydrogens (tertiary/aromatic N) is 14. The van der Waals surface area contributed by atoms with Gasteiger partial charge in [0.05, 0.1) is 42.4 Å². The molecule has 0 spiro atoms. The third-order valence-electron chi connectivity index (χ3n) is 13.0. The Morgan fingerprint density at radius 1 is 0.388 bits per heavy atom. The van der Waals surface area contributed by atoms with Crippen LogP contribution in [0.3, 0.4) is 0 Å². The number of benzene rings is 9. The Balaban J connectivity index is 0.000000122. The Morgan fingerprint density at radius 2 is 0.850 bits per heavy atom. The molecule has 13 aromatic rings. The normalized spacial score (nSPS) is 11.0. The Labute approximate surface area is 454 Å². The molecule has 0 aliphatic carbocycles. The van der Waals surface area contributed by atoms with Crippen LogP contribution < -0.4 is 19.4 Å². The summed E-state index contributed by atoms with van der Waals surface area (Å²) in [7, 11) is 0. The molecule has 0 unspecified atom stereocenters. The predicted molar refractivity (Wildman–Crippen MR) is 299 cm³/mol. The van der Waals surface area contributed by atoms with Gasteiger partial charge in [-0.2, -0.15) is 0 Å². The standard InChI is InChI=1S/C16H9N5O5.3C14H13N3O/c22-19-14-8-11(20(23)24)9-15(21(25)26)16(14)17-18(19)13-7-3-5-10-4-1-2-6-12(10)13;1-10-3-6-12(7-4-10)16-15-13-8-5-11(2)9-14(13)17(16)18;1-10-4-3-5-12(8-10)16-15-13-7-6-11(2)9-14(13)17(16)18;1-10-7-8-12-14(9-10)17(18)16(15-12)13-6-4-3-5-11(13)2/h1-9H;3*3-9H,1-2H3. The first-order chi connectivity index (χ1) is 38.4. The number of non-ortho nitro benzene ring substituents is 2. The van der Waals surface area contributed by atoms with Crippen LogP contribution in [0.1, 0.15) is 33.4 Å². The first-order valence-corrected chi connectivity index (χ1v) is 24.9. The maximum Gasteiger partial charge on any atom is 0.334 e. The number of hydrogen-bond acceptors (Lipinski definition) is 12. The molecule has 0 saturated heterocycles. The van der Waals surface area contributed by atoms with Crippen LogP contribution >= 0.6 is 0 Å². The molecule has 4 aromatic heterocycles. The summed E-state index contributed by atoms with van der Waals surface area (Å²) in [6.45, 7) is 11.9. The van der Waals surface area contributed by atoms with E-state index in [0.29, 0.717) is 49.0 Å². The van der Waals surface area contributed by atoms with Crippen molar-refractivity contribution in [2.24, 2.45) is 0 Å². The number of aryl methyl sites for hydroxylation is 6. The minimum absolute atomic E-state index is 0.219. The molecule has 22 heteroatoms. The van der Waals surface area contributed by atoms with E-state index in [1.165, 1.54) is 14.4 Å². The number of aromatic nitrogens is 12. The Morgan fingerprint density at radius 3 is 1.43 bits per heavy atom. The van der Waals surface area contributed by atoms with Gasteiger partial charge in [0.1, 0.15) is 22.7 Å². The zero-order valence-corrected chi connectivity index (χ0v) is 43.8. The first kappa shape index (κ1) is 52.3. The summed E-state index contributed by atoms with van der Waals surface area (Å²) >= 11 is 0. The SMILES string of the molecule is Cc1ccc(-n2nc3ccc(C)cc3[n+]2[O-])cc1.Cc1ccc2nn(-c3ccccc3C)[n+]([O-])c2c1.Cc1cccc(-n2nc3ccc(C)cc3[n+]2[O-])c1.O=[N+]([O-])c1cc([N+](=O)[O-])c2nn(-c3cccc4ccccc34)[n+]([O-])c2c1. The van der Waals surface area contributed by atoms with E-state index in [-0.39, 0.29) is 11.0 Å². The summed E-state index contributed by atoms with van der Waals surface area (Å²) in [6.07, 6.45) is 0. The lowest BCUT2D eigenvalue weighted by atomic mass is 10.1. The third kappa shape index (κ3) is 10.3. The Kier molecular flexibility index (Phi) is 14.0. The van der Waals surface area contributed by atoms with Crippen molar-refractivity contribution in [3.63, 3.8) is 0 Å². The van der Waals surface area contributed by atoms with E-state index in [2.05, 4.69) is 20.4 Å². The van der Waals surface area contributed by atoms with Gasteiger partial charge in [-0.25, -0.2) is 0 Å². The van der Waals surface area contributed by atoms with E-state index < -0.39 is 21.2 Å². The van der Waals surface area contributed by atoms with E-state index >= 15 is 0 Å². The van der Waals surface area contributed by atoms with Crippen molar-refractivity contribution < 1.29 is 29.2 Å². The van der Waals surface area contributed by atoms with Crippen molar-refractivity contribution >= 4 is 66.3 Å². The molecular weight excluding hydrogens is 1020 g/mol. The summed E-state index contributed by atoms with van der Waals surface area (Å²) in [4.78, 5) is 28.7. The van der Waals surface area contributed by atoms with Crippen LogP contribution in [0.15, 0.2) is 182 Å². The van der Waals surface area contributed by atoms with Crippen molar-refractivity contribution in [1.29, 1.82) is 0 Å². The lowest BCUT2D eigenvalue weighted by Gasteiger charge is -2.06. The second-order valence-electron chi connectivity index (χ2n) is 18.9. The zero-order valence-electron chi connectivity index (χ0n) is 43.8. The molecule has 398 valence electrons. The molecule has 0 aliphatic rings. The van der Waals surface area contributed by atoms with Crippen molar-refractivity contribution in [1.82, 2.24) is 39.6 Å². The number of fused-ring (bicyclic) bond motifs is 5. The lowest BCUT2D eigenvalue weighted by Crippen LogP contribution is -2.37. The molecule has 0 saturated carbocycles. The van der Waals surface area contributed by atoms with Gasteiger partial charge >= 0.3 is 11.2 Å². The molecule has 0 radical (unpaired) electrons. The monoisotopic (exact) mass is 1070 g/mol. The van der Waals surface area contributed by atoms with Gasteiger partial charge in [0.25, 0.3) is 5.69 Å². The molecule has 0 aliphatic heterocycles. The maximum atomic E-state index is 12.7. The zero-order chi connectivity index (χ0) is 56.5. The first-order valence-electron chi connectivity index (χ1n) is 24.9. The highest BCUT2D eigenvalue weighted by Gasteiger charge is 2.31. The average molecular weight is 1070 g/mol. The number of para-hydroxylation sites is 1. The molecule has 0 atom stereocenters. The number of rotatable bonds is 6. The van der Waals surface area contributed by atoms with Crippen LogP contribution in [-0.2, 0) is 0 Å². The average Bonchev–Trinajstić information content (AvgIpc) is 4.19. The highest BCUT2D eigenvalue weighted by Crippen LogP contribution is 2.30. The van der Waals surface area contributed by atoms with Crippen LogP contribution in [0.2, 0.25) is 0 Å². The molecule has 13 rings (SSSR count). The Hall–Kier alpha value is -11.2. The van der Waals surface area contributed by atoms with Gasteiger partial charge in [0, 0.05) is 5.39 Å². The summed E-state index contributed by atoms with van der Waals surface area (Å²) in [5, 5.41) is 90.3. The molecular formula is C58H48N14O8. The topological polar surface area (TPSA) is 265 Å². The van der Waals surface area contributed by atoms with E-state index in [9.17, 15) is 41.1 Å². The fourth-order valence-electron chi connectivity index (χ4n) is 8.90. The van der Waals surface area contributed by atoms with Crippen molar-refractivity contribution in [3.8, 4) is 22.7 Å². The quantitative estimate of drug-likeness (QED) is 0.0652. The molecule has 22 nitrogen and oxygen atoms in total. The van der Waals surface area contributed by atoms with Crippen LogP contribution in [-0.4, -0.2) is 49.4 Å². The number of hydrogen-bond donors (Lipinski definition) is 0. The van der Waals surface area contributed by atoms with Crippen LogP contribution in [0, 0.1) is 82.6 Å². The molecule has 4 heterocycles. The van der Waals surface area contributed by atoms with Gasteiger partial charge in [-0.15, -0.1) is 19.4 Å². The fraction of sp³-hybridized carbons (Fsp3) is 0.103. The molecule has 0 amide bonds. The largest absolute Gasteiger partial charge is 0.692 e. The molecule has 9 aromatic carbocycles. The molecule has 0 fully saturated rings. The van der Waals surface area contributed by atoms with Crippen molar-refractivity contribution in [2.45, 2.75) is 41.5 Å². The molecule has 0 bridgehead atoms. The van der Waals surface area contributed by atoms with Crippen LogP contribution in [0.5, 0.6) is 0 Å². The summed E-state index contributed by atoms with van der Waals surface area (Å²) < 4.78 is 0. The van der Waals surface area contributed by atoms with Gasteiger partial charge < -0.3 is 20.8 Å². The van der Waals surface area contributed by atoms with Crippen LogP contribution in [0.25, 0.3) is 77.7 Å². The van der Waals surface area contributed by atoms with Gasteiger partial charge in [0.2, 0.25) is 38.6 Å². The molecule has 80 heavy (non-hydrogen) atoms. The highest BCUT2D eigenvalue weighted by molar-refractivity contribution is 5.90. The van der Waals surface area contributed by atoms with Crippen molar-refractivity contribution in [3.05, 3.63) is 256 Å². The third-order valence-corrected chi connectivity index (χ3v) is 13.0. The number of nitro benzene ring substituents is 2. The summed E-state index contributed by atoms with van der Waals surface area (Å²) in [5.74, 6) is 0. The minimum atomic E-state index is -0.796. The Bertz CT molecular complexity index is 4520. The van der Waals surface area contributed by atoms with Crippen LogP contribution in [0.4, 0.5) is 11.4 Å². The second-order valence-corrected chi connectivity index (χ2v) is 18.9. The van der Waals surface area contributed by atoms with Gasteiger partial charge in [-0.3, -0.25) is 20.2 Å². The number of nitro groups is 2. The predicted octanol–water partition coefficient (Wildman–Crippen LogP) is 9.46. The second kappa shape index (κ2) is 21.5. The maximum absolute atomic E-state index is 12.7. The summed E-state index contributed by atoms with van der Waals surface area (Å²) in [5.41, 5.74) is 11.5. The van der Waals surface area contributed by atoms with Gasteiger partial charge in [-0.1, -0.05) is 103 Å². The smallest absolute Gasteiger partial charge is 0.334 e. The lowest BCUT2D eigenvalue weighted by molar-refractivity contribution is -0.664. The van der Waals surface area contributed by atoms with Gasteiger partial charge in [-0.05, 0) is 167 Å². The van der Waals surface area contributed by atoms with E-state index in [4.69, 9.17) is 0 Å². The van der Waals surface area contributed by atoms with E-state index in [1.54, 1.807) is 24.3 Å². The minimum Gasteiger partial charge on any atom is -0.692 e. The van der Waals surface area contributed by atoms with E-state index in [1.807, 2.05) is 187 Å². The van der Waals surface area contributed by atoms with Crippen molar-refractivity contribution in [2.75, 3.05) is 0 Å². The molecule has 0 N–H and O–H groups in total. The van der Waals surface area contributed by atoms with E-state index in [0.717, 1.165) is 87.3 Å². The highest BCUT2D eigenvalue weighted by atomic mass is 16.6. The summed E-state index contributed by atoms with van der Waals surface area (Å²) in [6, 6.07) is 54.4.